The first-order valence-electron chi connectivity index (χ1n) is 7.68. The minimum absolute atomic E-state index is 0.667. The summed E-state index contributed by atoms with van der Waals surface area (Å²) >= 11 is 0. The van der Waals surface area contributed by atoms with Crippen LogP contribution in [0.5, 0.6) is 0 Å². The predicted molar refractivity (Wildman–Crippen MR) is 83.2 cm³/mol. The lowest BCUT2D eigenvalue weighted by atomic mass is 10.2. The Bertz CT molecular complexity index is 418. The molecule has 0 aromatic carbocycles. The van der Waals surface area contributed by atoms with E-state index in [1.165, 1.54) is 24.0 Å². The molecule has 1 aliphatic carbocycles. The molecule has 1 N–H and O–H groups in total. The summed E-state index contributed by atoms with van der Waals surface area (Å²) in [5, 5.41) is 3.42. The largest absolute Gasteiger partial charge is 0.383 e. The summed E-state index contributed by atoms with van der Waals surface area (Å²) in [4.78, 5) is 7.11. The summed E-state index contributed by atoms with van der Waals surface area (Å²) in [6.07, 6.45) is 5.74. The average Bonchev–Trinajstić information content (AvgIpc) is 3.26. The van der Waals surface area contributed by atoms with Crippen LogP contribution in [0.3, 0.4) is 0 Å². The molecular weight excluding hydrogens is 250 g/mol. The van der Waals surface area contributed by atoms with Crippen LogP contribution in [0.4, 0.5) is 5.82 Å². The van der Waals surface area contributed by atoms with Gasteiger partial charge in [0.1, 0.15) is 5.82 Å². The highest BCUT2D eigenvalue weighted by molar-refractivity contribution is 5.49. The average molecular weight is 277 g/mol. The van der Waals surface area contributed by atoms with Crippen molar-refractivity contribution in [2.24, 2.45) is 0 Å². The van der Waals surface area contributed by atoms with Crippen molar-refractivity contribution in [2.75, 3.05) is 31.7 Å². The second kappa shape index (κ2) is 7.60. The van der Waals surface area contributed by atoms with Crippen molar-refractivity contribution in [1.82, 2.24) is 10.3 Å². The molecule has 1 aromatic heterocycles. The molecule has 0 aliphatic heterocycles. The Morgan fingerprint density at radius 3 is 2.85 bits per heavy atom. The van der Waals surface area contributed by atoms with Gasteiger partial charge in [-0.3, -0.25) is 0 Å². The van der Waals surface area contributed by atoms with E-state index in [2.05, 4.69) is 30.1 Å². The lowest BCUT2D eigenvalue weighted by Crippen LogP contribution is -2.31. The van der Waals surface area contributed by atoms with Gasteiger partial charge >= 0.3 is 0 Å². The van der Waals surface area contributed by atoms with Crippen LogP contribution in [0, 0.1) is 6.92 Å². The van der Waals surface area contributed by atoms with E-state index in [1.807, 2.05) is 6.20 Å². The molecule has 0 saturated heterocycles. The molecule has 0 radical (unpaired) electrons. The summed E-state index contributed by atoms with van der Waals surface area (Å²) in [6, 6.07) is 2.92. The zero-order valence-electron chi connectivity index (χ0n) is 13.0. The number of aromatic nitrogens is 1. The molecule has 112 valence electrons. The summed E-state index contributed by atoms with van der Waals surface area (Å²) in [5.74, 6) is 1.13. The van der Waals surface area contributed by atoms with Crippen LogP contribution in [0.25, 0.3) is 0 Å². The monoisotopic (exact) mass is 277 g/mol. The number of anilines is 1. The van der Waals surface area contributed by atoms with E-state index in [1.54, 1.807) is 7.11 Å². The summed E-state index contributed by atoms with van der Waals surface area (Å²) in [7, 11) is 1.76. The molecule has 1 aliphatic rings. The second-order valence-corrected chi connectivity index (χ2v) is 5.58. The quantitative estimate of drug-likeness (QED) is 0.704. The highest BCUT2D eigenvalue weighted by Crippen LogP contribution is 2.32. The Balaban J connectivity index is 2.02. The highest BCUT2D eigenvalue weighted by atomic mass is 16.5. The zero-order chi connectivity index (χ0) is 14.4. The molecule has 0 unspecified atom stereocenters. The van der Waals surface area contributed by atoms with Gasteiger partial charge in [-0.05, 0) is 49.9 Å². The molecule has 1 fully saturated rings. The minimum atomic E-state index is 0.667. The van der Waals surface area contributed by atoms with E-state index in [0.717, 1.165) is 38.5 Å². The molecule has 0 spiro atoms. The molecule has 1 saturated carbocycles. The van der Waals surface area contributed by atoms with Crippen LogP contribution in [0.1, 0.15) is 37.3 Å². The SMILES string of the molecule is CCCNCc1cnc(N(CCOC)C2CC2)c(C)c1. The van der Waals surface area contributed by atoms with Gasteiger partial charge in [-0.25, -0.2) is 4.98 Å². The molecule has 20 heavy (non-hydrogen) atoms. The van der Waals surface area contributed by atoms with Gasteiger partial charge in [0.2, 0.25) is 0 Å². The molecule has 1 aromatic rings. The van der Waals surface area contributed by atoms with Crippen LogP contribution in [0.15, 0.2) is 12.3 Å². The van der Waals surface area contributed by atoms with Crippen LogP contribution < -0.4 is 10.2 Å². The lowest BCUT2D eigenvalue weighted by Gasteiger charge is -2.25. The first-order valence-corrected chi connectivity index (χ1v) is 7.68. The fourth-order valence-corrected chi connectivity index (χ4v) is 2.47. The third-order valence-corrected chi connectivity index (χ3v) is 3.66. The maximum absolute atomic E-state index is 5.22. The van der Waals surface area contributed by atoms with Crippen molar-refractivity contribution in [3.8, 4) is 0 Å². The second-order valence-electron chi connectivity index (χ2n) is 5.58. The summed E-state index contributed by atoms with van der Waals surface area (Å²) in [5.41, 5.74) is 2.53. The summed E-state index contributed by atoms with van der Waals surface area (Å²) in [6.45, 7) is 8.00. The predicted octanol–water partition coefficient (Wildman–Crippen LogP) is 2.50. The van der Waals surface area contributed by atoms with E-state index in [4.69, 9.17) is 9.72 Å². The fourth-order valence-electron chi connectivity index (χ4n) is 2.47. The topological polar surface area (TPSA) is 37.4 Å². The number of rotatable bonds is 9. The maximum atomic E-state index is 5.22. The minimum Gasteiger partial charge on any atom is -0.383 e. The lowest BCUT2D eigenvalue weighted by molar-refractivity contribution is 0.204. The van der Waals surface area contributed by atoms with Crippen molar-refractivity contribution in [2.45, 2.75) is 45.7 Å². The van der Waals surface area contributed by atoms with Crippen molar-refractivity contribution in [3.63, 3.8) is 0 Å². The molecule has 4 heteroatoms. The van der Waals surface area contributed by atoms with Crippen molar-refractivity contribution < 1.29 is 4.74 Å². The number of hydrogen-bond donors (Lipinski definition) is 1. The Kier molecular flexibility index (Phi) is 5.80. The van der Waals surface area contributed by atoms with E-state index < -0.39 is 0 Å². The van der Waals surface area contributed by atoms with Gasteiger partial charge in [-0.1, -0.05) is 6.92 Å². The molecule has 0 bridgehead atoms. The Hall–Kier alpha value is -1.13. The molecular formula is C16H27N3O. The van der Waals surface area contributed by atoms with Crippen molar-refractivity contribution in [3.05, 3.63) is 23.4 Å². The van der Waals surface area contributed by atoms with Gasteiger partial charge in [-0.2, -0.15) is 0 Å². The summed E-state index contributed by atoms with van der Waals surface area (Å²) < 4.78 is 5.22. The van der Waals surface area contributed by atoms with Crippen LogP contribution >= 0.6 is 0 Å². The molecule has 1 heterocycles. The third kappa shape index (κ3) is 4.18. The first-order chi connectivity index (χ1) is 9.76. The van der Waals surface area contributed by atoms with Crippen molar-refractivity contribution >= 4 is 5.82 Å². The van der Waals surface area contributed by atoms with Crippen LogP contribution in [-0.4, -0.2) is 37.8 Å². The van der Waals surface area contributed by atoms with E-state index in [9.17, 15) is 0 Å². The van der Waals surface area contributed by atoms with E-state index in [-0.39, 0.29) is 0 Å². The van der Waals surface area contributed by atoms with E-state index >= 15 is 0 Å². The Morgan fingerprint density at radius 2 is 2.25 bits per heavy atom. The van der Waals surface area contributed by atoms with Gasteiger partial charge in [0.05, 0.1) is 6.61 Å². The van der Waals surface area contributed by atoms with Gasteiger partial charge < -0.3 is 15.0 Å². The Morgan fingerprint density at radius 1 is 1.45 bits per heavy atom. The number of hydrogen-bond acceptors (Lipinski definition) is 4. The normalized spacial score (nSPS) is 14.6. The van der Waals surface area contributed by atoms with Crippen molar-refractivity contribution in [1.29, 1.82) is 0 Å². The Labute approximate surface area is 122 Å². The number of nitrogens with zero attached hydrogens (tertiary/aromatic N) is 2. The molecule has 4 nitrogen and oxygen atoms in total. The number of ether oxygens (including phenoxy) is 1. The standard InChI is InChI=1S/C16H27N3O/c1-4-7-17-11-14-10-13(2)16(18-12-14)19(8-9-20-3)15-5-6-15/h10,12,15,17H,4-9,11H2,1-3H3. The number of pyridine rings is 1. The zero-order valence-corrected chi connectivity index (χ0v) is 13.0. The molecule has 2 rings (SSSR count). The van der Waals surface area contributed by atoms with Gasteiger partial charge in [-0.15, -0.1) is 0 Å². The van der Waals surface area contributed by atoms with Gasteiger partial charge in [0.15, 0.2) is 0 Å². The van der Waals surface area contributed by atoms with Crippen LogP contribution in [-0.2, 0) is 11.3 Å². The van der Waals surface area contributed by atoms with Gasteiger partial charge in [0.25, 0.3) is 0 Å². The van der Waals surface area contributed by atoms with Crippen LogP contribution in [0.2, 0.25) is 0 Å². The smallest absolute Gasteiger partial charge is 0.131 e. The third-order valence-electron chi connectivity index (χ3n) is 3.66. The number of nitrogens with one attached hydrogen (secondary N) is 1. The van der Waals surface area contributed by atoms with Gasteiger partial charge in [0, 0.05) is 32.4 Å². The highest BCUT2D eigenvalue weighted by Gasteiger charge is 2.30. The first kappa shape index (κ1) is 15.3. The maximum Gasteiger partial charge on any atom is 0.131 e. The molecule has 0 amide bonds. The fraction of sp³-hybridized carbons (Fsp3) is 0.688. The molecule has 0 atom stereocenters. The van der Waals surface area contributed by atoms with E-state index in [0.29, 0.717) is 6.04 Å². The number of methoxy groups -OCH3 is 1. The number of aryl methyl sites for hydroxylation is 1.